The van der Waals surface area contributed by atoms with Crippen LogP contribution in [0.3, 0.4) is 0 Å². The van der Waals surface area contributed by atoms with Gasteiger partial charge in [-0.1, -0.05) is 38.7 Å². The van der Waals surface area contributed by atoms with Gasteiger partial charge in [0.2, 0.25) is 5.82 Å². The summed E-state index contributed by atoms with van der Waals surface area (Å²) in [4.78, 5) is 16.3. The van der Waals surface area contributed by atoms with Crippen molar-refractivity contribution >= 4 is 17.5 Å². The number of fused-ring (bicyclic) bond motifs is 1. The highest BCUT2D eigenvalue weighted by molar-refractivity contribution is 6.29. The Balaban J connectivity index is 1.74. The predicted molar refractivity (Wildman–Crippen MR) is 115 cm³/mol. The lowest BCUT2D eigenvalue weighted by Crippen LogP contribution is -2.46. The van der Waals surface area contributed by atoms with Crippen molar-refractivity contribution in [2.45, 2.75) is 26.8 Å². The molecule has 2 aliphatic rings. The lowest BCUT2D eigenvalue weighted by molar-refractivity contribution is -0.818. The molecule has 0 radical (unpaired) electrons. The van der Waals surface area contributed by atoms with Crippen LogP contribution in [0.25, 0.3) is 5.57 Å². The van der Waals surface area contributed by atoms with Gasteiger partial charge in [0.05, 0.1) is 10.8 Å². The molecular formula is C21H32N7O+. The van der Waals surface area contributed by atoms with E-state index in [0.717, 1.165) is 48.7 Å². The van der Waals surface area contributed by atoms with E-state index in [1.807, 2.05) is 12.2 Å². The highest BCUT2D eigenvalue weighted by atomic mass is 16.5. The molecule has 2 aliphatic heterocycles. The predicted octanol–water partition coefficient (Wildman–Crippen LogP) is 1.89. The quantitative estimate of drug-likeness (QED) is 0.431. The SMILES string of the molecule is C=C/C=C(\C=C/CC(C)C)c1nc2n(n1)[N+](O)=CC(CN1CCN(C)CC1)=NC2. The third-order valence-electron chi connectivity index (χ3n) is 4.98. The van der Waals surface area contributed by atoms with Gasteiger partial charge in [0, 0.05) is 47.9 Å². The zero-order chi connectivity index (χ0) is 20.8. The fraction of sp³-hybridized carbons (Fsp3) is 0.524. The summed E-state index contributed by atoms with van der Waals surface area (Å²) in [6, 6.07) is 0. The van der Waals surface area contributed by atoms with Crippen LogP contribution in [-0.4, -0.2) is 86.4 Å². The molecule has 0 aromatic carbocycles. The molecule has 156 valence electrons. The molecule has 0 amide bonds. The summed E-state index contributed by atoms with van der Waals surface area (Å²) in [5.74, 6) is 1.72. The van der Waals surface area contributed by atoms with Crippen LogP contribution < -0.4 is 0 Å². The zero-order valence-electron chi connectivity index (χ0n) is 17.7. The monoisotopic (exact) mass is 398 g/mol. The van der Waals surface area contributed by atoms with Gasteiger partial charge in [-0.15, -0.1) is 0 Å². The Morgan fingerprint density at radius 1 is 1.31 bits per heavy atom. The lowest BCUT2D eigenvalue weighted by Gasteiger charge is -2.31. The van der Waals surface area contributed by atoms with Gasteiger partial charge in [-0.3, -0.25) is 9.89 Å². The second-order valence-corrected chi connectivity index (χ2v) is 7.97. The number of aliphatic imine (C=N–C) groups is 1. The molecule has 0 spiro atoms. The molecule has 0 atom stereocenters. The summed E-state index contributed by atoms with van der Waals surface area (Å²) in [6.07, 6.45) is 10.3. The maximum Gasteiger partial charge on any atom is 0.302 e. The topological polar surface area (TPSA) is 72.8 Å². The summed E-state index contributed by atoms with van der Waals surface area (Å²) < 4.78 is 0. The number of likely N-dealkylation sites (N-methyl/N-ethyl adjacent to an activating group) is 1. The van der Waals surface area contributed by atoms with Gasteiger partial charge in [-0.25, -0.2) is 0 Å². The van der Waals surface area contributed by atoms with Crippen LogP contribution in [0.15, 0.2) is 35.9 Å². The minimum atomic E-state index is 0.376. The van der Waals surface area contributed by atoms with Gasteiger partial charge >= 0.3 is 5.82 Å². The summed E-state index contributed by atoms with van der Waals surface area (Å²) in [5.41, 5.74) is 1.68. The smallest absolute Gasteiger partial charge is 0.302 e. The minimum Gasteiger partial charge on any atom is -0.331 e. The van der Waals surface area contributed by atoms with Crippen molar-refractivity contribution < 1.29 is 10.1 Å². The number of rotatable bonds is 7. The number of allylic oxidation sites excluding steroid dienone is 5. The first-order valence-electron chi connectivity index (χ1n) is 10.2. The molecule has 0 unspecified atom stereocenters. The first-order valence-corrected chi connectivity index (χ1v) is 10.2. The first-order chi connectivity index (χ1) is 14.0. The van der Waals surface area contributed by atoms with E-state index in [1.54, 1.807) is 12.3 Å². The van der Waals surface area contributed by atoms with E-state index >= 15 is 0 Å². The van der Waals surface area contributed by atoms with Crippen LogP contribution in [0.1, 0.15) is 31.9 Å². The standard InChI is InChI=1S/C21H32N7O/c1-5-7-18(9-6-8-17(2)3)21-23-20-14-22-19(16-27(29)28(20)24-21)15-26-12-10-25(4)11-13-26/h5-7,9,16-17,29H,1,8,10-15H2,2-4H3/q+1/b9-6-,18-7+. The molecular weight excluding hydrogens is 366 g/mol. The normalized spacial score (nSPS) is 19.2. The molecule has 1 aromatic rings. The highest BCUT2D eigenvalue weighted by Crippen LogP contribution is 2.15. The van der Waals surface area contributed by atoms with E-state index in [2.05, 4.69) is 58.4 Å². The van der Waals surface area contributed by atoms with Crippen molar-refractivity contribution in [3.05, 3.63) is 42.5 Å². The van der Waals surface area contributed by atoms with Crippen LogP contribution in [0.5, 0.6) is 0 Å². The fourth-order valence-electron chi connectivity index (χ4n) is 3.25. The minimum absolute atomic E-state index is 0.376. The molecule has 1 N–H and O–H groups in total. The third-order valence-corrected chi connectivity index (χ3v) is 4.98. The number of nitrogens with zero attached hydrogens (tertiary/aromatic N) is 7. The number of piperazine rings is 1. The molecule has 8 nitrogen and oxygen atoms in total. The molecule has 3 rings (SSSR count). The van der Waals surface area contributed by atoms with Crippen LogP contribution in [0.2, 0.25) is 0 Å². The molecule has 0 bridgehead atoms. The van der Waals surface area contributed by atoms with Gasteiger partial charge in [-0.2, -0.15) is 4.98 Å². The molecule has 8 heteroatoms. The maximum atomic E-state index is 10.5. The molecule has 1 fully saturated rings. The van der Waals surface area contributed by atoms with Crippen molar-refractivity contribution in [1.82, 2.24) is 24.7 Å². The Morgan fingerprint density at radius 2 is 2.07 bits per heavy atom. The molecule has 0 aliphatic carbocycles. The van der Waals surface area contributed by atoms with Crippen LogP contribution in [0, 0.1) is 5.92 Å². The van der Waals surface area contributed by atoms with Gasteiger partial charge in [0.25, 0.3) is 0 Å². The van der Waals surface area contributed by atoms with Crippen LogP contribution >= 0.6 is 0 Å². The van der Waals surface area contributed by atoms with E-state index < -0.39 is 0 Å². The fourth-order valence-corrected chi connectivity index (χ4v) is 3.25. The van der Waals surface area contributed by atoms with E-state index in [1.165, 1.54) is 4.79 Å². The molecule has 3 heterocycles. The largest absolute Gasteiger partial charge is 0.331 e. The van der Waals surface area contributed by atoms with Crippen molar-refractivity contribution in [3.63, 3.8) is 0 Å². The summed E-state index contributed by atoms with van der Waals surface area (Å²) >= 11 is 0. The Kier molecular flexibility index (Phi) is 7.11. The first kappa shape index (κ1) is 21.1. The Morgan fingerprint density at radius 3 is 2.76 bits per heavy atom. The third kappa shape index (κ3) is 5.71. The number of hydrogen-bond acceptors (Lipinski definition) is 6. The molecule has 1 aromatic heterocycles. The Labute approximate surface area is 172 Å². The van der Waals surface area contributed by atoms with Gasteiger partial charge in [0.15, 0.2) is 6.21 Å². The average molecular weight is 399 g/mol. The Hall–Kier alpha value is -2.58. The van der Waals surface area contributed by atoms with E-state index in [4.69, 9.17) is 0 Å². The second kappa shape index (κ2) is 9.76. The van der Waals surface area contributed by atoms with Gasteiger partial charge < -0.3 is 10.1 Å². The van der Waals surface area contributed by atoms with Crippen molar-refractivity contribution in [2.75, 3.05) is 39.8 Å². The number of hydrogen-bond donors (Lipinski definition) is 1. The lowest BCUT2D eigenvalue weighted by atomic mass is 10.1. The van der Waals surface area contributed by atoms with Crippen molar-refractivity contribution in [2.24, 2.45) is 10.9 Å². The highest BCUT2D eigenvalue weighted by Gasteiger charge is 2.25. The van der Waals surface area contributed by atoms with Crippen LogP contribution in [0.4, 0.5) is 0 Å². The maximum absolute atomic E-state index is 10.5. The van der Waals surface area contributed by atoms with E-state index in [-0.39, 0.29) is 0 Å². The Bertz CT molecular complexity index is 839. The summed E-state index contributed by atoms with van der Waals surface area (Å²) in [7, 11) is 2.14. The van der Waals surface area contributed by atoms with Crippen LogP contribution in [-0.2, 0) is 6.54 Å². The average Bonchev–Trinajstić information content (AvgIpc) is 3.05. The zero-order valence-corrected chi connectivity index (χ0v) is 17.7. The van der Waals surface area contributed by atoms with E-state index in [0.29, 0.717) is 30.7 Å². The van der Waals surface area contributed by atoms with Gasteiger partial charge in [0.1, 0.15) is 6.54 Å². The summed E-state index contributed by atoms with van der Waals surface area (Å²) in [5, 5.41) is 15.0. The van der Waals surface area contributed by atoms with Crippen molar-refractivity contribution in [1.29, 1.82) is 0 Å². The van der Waals surface area contributed by atoms with Crippen molar-refractivity contribution in [3.8, 4) is 0 Å². The van der Waals surface area contributed by atoms with Gasteiger partial charge in [-0.05, 0) is 25.5 Å². The number of aromatic nitrogens is 3. The molecule has 29 heavy (non-hydrogen) atoms. The molecule has 1 saturated heterocycles. The molecule has 0 saturated carbocycles. The second-order valence-electron chi connectivity index (χ2n) is 7.97. The van der Waals surface area contributed by atoms with E-state index in [9.17, 15) is 5.21 Å². The summed E-state index contributed by atoms with van der Waals surface area (Å²) in [6.45, 7) is 13.3.